The second-order valence-electron chi connectivity index (χ2n) is 4.73. The molecule has 0 fully saturated rings. The van der Waals surface area contributed by atoms with Gasteiger partial charge in [-0.25, -0.2) is 0 Å². The molecule has 0 saturated carbocycles. The fourth-order valence-corrected chi connectivity index (χ4v) is 3.42. The molecule has 0 aliphatic carbocycles. The number of ether oxygens (including phenoxy) is 2. The molecule has 2 heterocycles. The molecule has 0 saturated heterocycles. The van der Waals surface area contributed by atoms with E-state index >= 15 is 0 Å². The maximum atomic E-state index is 11.5. The van der Waals surface area contributed by atoms with Crippen molar-refractivity contribution in [2.75, 3.05) is 20.3 Å². The molecule has 0 aliphatic rings. The van der Waals surface area contributed by atoms with Gasteiger partial charge in [-0.3, -0.25) is 4.79 Å². The first-order chi connectivity index (χ1) is 10.2. The quantitative estimate of drug-likeness (QED) is 0.517. The van der Waals surface area contributed by atoms with E-state index in [9.17, 15) is 4.79 Å². The average molecular weight is 302 g/mol. The van der Waals surface area contributed by atoms with Crippen molar-refractivity contribution in [2.24, 2.45) is 0 Å². The van der Waals surface area contributed by atoms with Gasteiger partial charge in [0.25, 0.3) is 0 Å². The van der Waals surface area contributed by atoms with Crippen molar-refractivity contribution in [1.82, 2.24) is 4.57 Å². The van der Waals surface area contributed by atoms with Crippen LogP contribution in [-0.4, -0.2) is 30.7 Å². The van der Waals surface area contributed by atoms with Crippen molar-refractivity contribution in [1.29, 1.82) is 0 Å². The number of fused-ring (bicyclic) bond motifs is 3. The minimum absolute atomic E-state index is 0.146. The molecule has 0 aliphatic heterocycles. The van der Waals surface area contributed by atoms with Gasteiger partial charge in [-0.15, -0.1) is 11.3 Å². The maximum absolute atomic E-state index is 11.5. The fraction of sp³-hybridized carbons (Fsp3) is 0.250. The summed E-state index contributed by atoms with van der Waals surface area (Å²) in [5.74, 6) is -0.146. The lowest BCUT2D eigenvalue weighted by Crippen LogP contribution is -2.06. The number of methoxy groups -OCH3 is 1. The summed E-state index contributed by atoms with van der Waals surface area (Å²) < 4.78 is 12.7. The predicted molar refractivity (Wildman–Crippen MR) is 84.8 cm³/mol. The molecule has 0 unspecified atom stereocenters. The van der Waals surface area contributed by atoms with E-state index in [1.807, 2.05) is 18.2 Å². The van der Waals surface area contributed by atoms with Gasteiger partial charge in [0.2, 0.25) is 0 Å². The van der Waals surface area contributed by atoms with Crippen molar-refractivity contribution in [2.45, 2.75) is 6.73 Å². The zero-order valence-electron chi connectivity index (χ0n) is 11.8. The van der Waals surface area contributed by atoms with Crippen LogP contribution >= 0.6 is 11.3 Å². The normalized spacial score (nSPS) is 11.5. The number of Topliss-reactive ketones (excluding diaryl/α,β-unsaturated/α-hetero) is 1. The minimum atomic E-state index is -0.146. The van der Waals surface area contributed by atoms with Gasteiger partial charge in [-0.1, -0.05) is 18.2 Å². The zero-order valence-corrected chi connectivity index (χ0v) is 12.6. The van der Waals surface area contributed by atoms with Crippen molar-refractivity contribution in [3.63, 3.8) is 0 Å². The monoisotopic (exact) mass is 302 g/mol. The Labute approximate surface area is 126 Å². The third kappa shape index (κ3) is 2.60. The average Bonchev–Trinajstić information content (AvgIpc) is 3.02. The van der Waals surface area contributed by atoms with Gasteiger partial charge >= 0.3 is 0 Å². The molecule has 21 heavy (non-hydrogen) atoms. The van der Waals surface area contributed by atoms with E-state index in [4.69, 9.17) is 9.47 Å². The number of carbonyl (C=O) groups excluding carboxylic acids is 1. The van der Waals surface area contributed by atoms with E-state index in [-0.39, 0.29) is 5.78 Å². The Morgan fingerprint density at radius 3 is 2.86 bits per heavy atom. The van der Waals surface area contributed by atoms with Crippen LogP contribution in [0.5, 0.6) is 0 Å². The van der Waals surface area contributed by atoms with Gasteiger partial charge in [0.1, 0.15) is 11.6 Å². The third-order valence-electron chi connectivity index (χ3n) is 3.37. The summed E-state index contributed by atoms with van der Waals surface area (Å²) in [6.07, 6.45) is 0. The molecule has 0 N–H and O–H groups in total. The first-order valence-electron chi connectivity index (χ1n) is 6.66. The van der Waals surface area contributed by atoms with Crippen molar-refractivity contribution >= 4 is 38.2 Å². The number of rotatable bonds is 6. The van der Waals surface area contributed by atoms with E-state index in [2.05, 4.69) is 23.6 Å². The smallest absolute Gasteiger partial charge is 0.173 e. The second-order valence-corrected chi connectivity index (χ2v) is 5.76. The highest BCUT2D eigenvalue weighted by molar-refractivity contribution is 7.20. The first kappa shape index (κ1) is 14.3. The lowest BCUT2D eigenvalue weighted by Gasteiger charge is -2.07. The number of para-hydroxylation sites is 1. The van der Waals surface area contributed by atoms with Crippen LogP contribution in [0, 0.1) is 6.92 Å². The van der Waals surface area contributed by atoms with Crippen molar-refractivity contribution in [3.8, 4) is 0 Å². The van der Waals surface area contributed by atoms with E-state index in [1.165, 1.54) is 11.3 Å². The van der Waals surface area contributed by atoms with Crippen LogP contribution in [0.25, 0.3) is 21.1 Å². The Morgan fingerprint density at radius 2 is 2.10 bits per heavy atom. The van der Waals surface area contributed by atoms with Gasteiger partial charge < -0.3 is 14.0 Å². The molecule has 3 aromatic rings. The van der Waals surface area contributed by atoms with Crippen LogP contribution in [0.3, 0.4) is 0 Å². The summed E-state index contributed by atoms with van der Waals surface area (Å²) in [6, 6.07) is 10.1. The van der Waals surface area contributed by atoms with Crippen LogP contribution < -0.4 is 0 Å². The van der Waals surface area contributed by atoms with Gasteiger partial charge in [0, 0.05) is 24.8 Å². The minimum Gasteiger partial charge on any atom is -0.382 e. The summed E-state index contributed by atoms with van der Waals surface area (Å²) >= 11 is 1.46. The highest BCUT2D eigenvalue weighted by atomic mass is 32.1. The summed E-state index contributed by atoms with van der Waals surface area (Å²) in [4.78, 5) is 13.2. The molecular weight excluding hydrogens is 286 g/mol. The van der Waals surface area contributed by atoms with Crippen LogP contribution in [0.2, 0.25) is 0 Å². The molecule has 0 amide bonds. The van der Waals surface area contributed by atoms with E-state index in [0.717, 1.165) is 21.1 Å². The third-order valence-corrected chi connectivity index (χ3v) is 4.57. The lowest BCUT2D eigenvalue weighted by atomic mass is 10.2. The molecule has 1 radical (unpaired) electrons. The van der Waals surface area contributed by atoms with Gasteiger partial charge in [-0.2, -0.15) is 0 Å². The number of ketones is 1. The number of hydrogen-bond donors (Lipinski definition) is 0. The topological polar surface area (TPSA) is 40.5 Å². The van der Waals surface area contributed by atoms with E-state index < -0.39 is 0 Å². The predicted octanol–water partition coefficient (Wildman–Crippen LogP) is 3.49. The van der Waals surface area contributed by atoms with Gasteiger partial charge in [0.05, 0.1) is 23.6 Å². The molecule has 0 bridgehead atoms. The van der Waals surface area contributed by atoms with Crippen molar-refractivity contribution < 1.29 is 14.3 Å². The Kier molecular flexibility index (Phi) is 4.05. The Bertz CT molecular complexity index is 787. The lowest BCUT2D eigenvalue weighted by molar-refractivity contribution is 0.0378. The largest absolute Gasteiger partial charge is 0.382 e. The number of benzene rings is 1. The maximum Gasteiger partial charge on any atom is 0.173 e. The molecule has 109 valence electrons. The van der Waals surface area contributed by atoms with Crippen LogP contribution in [-0.2, 0) is 16.2 Å². The standard InChI is InChI=1S/C16H16NO3S/c1-11(18)15-9-13-12-5-3-4-6-14(12)17(16(13)21-15)10-20-8-7-19-2/h3-6,9H,1,7-8,10H2,2H3. The van der Waals surface area contributed by atoms with Crippen LogP contribution in [0.15, 0.2) is 30.3 Å². The second kappa shape index (κ2) is 5.97. The number of hydrogen-bond acceptors (Lipinski definition) is 4. The first-order valence-corrected chi connectivity index (χ1v) is 7.47. The molecule has 3 rings (SSSR count). The van der Waals surface area contributed by atoms with Crippen LogP contribution in [0.4, 0.5) is 0 Å². The van der Waals surface area contributed by atoms with Gasteiger partial charge in [-0.05, 0) is 12.1 Å². The number of aromatic nitrogens is 1. The molecule has 0 atom stereocenters. The zero-order chi connectivity index (χ0) is 14.8. The molecule has 2 aromatic heterocycles. The highest BCUT2D eigenvalue weighted by Crippen LogP contribution is 2.35. The fourth-order valence-electron chi connectivity index (χ4n) is 2.38. The summed E-state index contributed by atoms with van der Waals surface area (Å²) in [5.41, 5.74) is 1.11. The summed E-state index contributed by atoms with van der Waals surface area (Å²) in [7, 11) is 1.65. The van der Waals surface area contributed by atoms with E-state index in [1.54, 1.807) is 7.11 Å². The Balaban J connectivity index is 2.06. The molecule has 4 nitrogen and oxygen atoms in total. The SMILES string of the molecule is [CH2]C(=O)c1cc2c3ccccc3n(COCCOC)c2s1. The number of nitrogens with zero attached hydrogens (tertiary/aromatic N) is 1. The summed E-state index contributed by atoms with van der Waals surface area (Å²) in [6.45, 7) is 5.04. The number of carbonyl (C=O) groups is 1. The van der Waals surface area contributed by atoms with Crippen molar-refractivity contribution in [3.05, 3.63) is 42.1 Å². The molecule has 1 aromatic carbocycles. The Hall–Kier alpha value is -1.69. The number of thiophene rings is 1. The molecule has 5 heteroatoms. The Morgan fingerprint density at radius 1 is 1.29 bits per heavy atom. The molecule has 0 spiro atoms. The molecular formula is C16H16NO3S. The van der Waals surface area contributed by atoms with Crippen LogP contribution in [0.1, 0.15) is 9.67 Å². The van der Waals surface area contributed by atoms with E-state index in [0.29, 0.717) is 24.8 Å². The summed E-state index contributed by atoms with van der Waals surface area (Å²) in [5, 5.41) is 2.21. The van der Waals surface area contributed by atoms with Gasteiger partial charge in [0.15, 0.2) is 5.78 Å². The highest BCUT2D eigenvalue weighted by Gasteiger charge is 2.15.